The van der Waals surface area contributed by atoms with Gasteiger partial charge in [0.05, 0.1) is 23.3 Å². The van der Waals surface area contributed by atoms with E-state index in [4.69, 9.17) is 5.11 Å². The number of hydrogen-bond acceptors (Lipinski definition) is 6. The molecule has 0 saturated heterocycles. The van der Waals surface area contributed by atoms with Gasteiger partial charge in [-0.05, 0) is 25.5 Å². The first kappa shape index (κ1) is 17.7. The van der Waals surface area contributed by atoms with Crippen molar-refractivity contribution in [1.82, 2.24) is 20.0 Å². The van der Waals surface area contributed by atoms with Gasteiger partial charge in [-0.15, -0.1) is 5.10 Å². The molecular weight excluding hydrogens is 336 g/mol. The SMILES string of the molecule is CCCn1nnc(-c2ccc(NS(C)(=O)=O)c(C)n2)c1NC(=O)O. The molecule has 0 unspecified atom stereocenters. The molecule has 0 aliphatic rings. The number of aromatic nitrogens is 4. The van der Waals surface area contributed by atoms with Crippen molar-refractivity contribution in [3.63, 3.8) is 0 Å². The molecule has 2 aromatic heterocycles. The quantitative estimate of drug-likeness (QED) is 0.714. The van der Waals surface area contributed by atoms with Gasteiger partial charge in [-0.3, -0.25) is 10.0 Å². The van der Waals surface area contributed by atoms with Crippen LogP contribution in [0.25, 0.3) is 11.4 Å². The summed E-state index contributed by atoms with van der Waals surface area (Å²) in [4.78, 5) is 15.3. The Hall–Kier alpha value is -2.69. The van der Waals surface area contributed by atoms with Crippen LogP contribution in [0.15, 0.2) is 12.1 Å². The highest BCUT2D eigenvalue weighted by atomic mass is 32.2. The van der Waals surface area contributed by atoms with Gasteiger partial charge in [0.2, 0.25) is 10.0 Å². The Balaban J connectivity index is 2.44. The molecule has 10 nitrogen and oxygen atoms in total. The predicted molar refractivity (Wildman–Crippen MR) is 88.4 cm³/mol. The van der Waals surface area contributed by atoms with E-state index in [9.17, 15) is 13.2 Å². The molecule has 2 rings (SSSR count). The Morgan fingerprint density at radius 3 is 2.62 bits per heavy atom. The largest absolute Gasteiger partial charge is 0.465 e. The lowest BCUT2D eigenvalue weighted by Gasteiger charge is -2.09. The van der Waals surface area contributed by atoms with Crippen molar-refractivity contribution in [2.24, 2.45) is 0 Å². The maximum atomic E-state index is 11.3. The molecule has 2 heterocycles. The fourth-order valence-corrected chi connectivity index (χ4v) is 2.69. The average Bonchev–Trinajstić information content (AvgIpc) is 2.82. The van der Waals surface area contributed by atoms with Gasteiger partial charge in [0, 0.05) is 6.54 Å². The van der Waals surface area contributed by atoms with Crippen LogP contribution in [0, 0.1) is 6.92 Å². The highest BCUT2D eigenvalue weighted by Crippen LogP contribution is 2.26. The summed E-state index contributed by atoms with van der Waals surface area (Å²) in [5.41, 5.74) is 1.44. The summed E-state index contributed by atoms with van der Waals surface area (Å²) >= 11 is 0. The smallest absolute Gasteiger partial charge is 0.410 e. The Morgan fingerprint density at radius 2 is 2.08 bits per heavy atom. The molecule has 1 amide bonds. The molecule has 0 spiro atoms. The maximum Gasteiger partial charge on any atom is 0.410 e. The van der Waals surface area contributed by atoms with Crippen LogP contribution in [0.3, 0.4) is 0 Å². The van der Waals surface area contributed by atoms with E-state index in [0.717, 1.165) is 12.7 Å². The van der Waals surface area contributed by atoms with Gasteiger partial charge in [-0.25, -0.2) is 22.9 Å². The number of nitrogens with zero attached hydrogens (tertiary/aromatic N) is 4. The highest BCUT2D eigenvalue weighted by Gasteiger charge is 2.18. The number of aryl methyl sites for hydroxylation is 2. The fraction of sp³-hybridized carbons (Fsp3) is 0.385. The summed E-state index contributed by atoms with van der Waals surface area (Å²) in [5.74, 6) is 0.222. The van der Waals surface area contributed by atoms with E-state index in [2.05, 4.69) is 25.3 Å². The van der Waals surface area contributed by atoms with Gasteiger partial charge in [0.25, 0.3) is 0 Å². The van der Waals surface area contributed by atoms with Crippen LogP contribution >= 0.6 is 0 Å². The molecule has 0 atom stereocenters. The molecule has 0 fully saturated rings. The van der Waals surface area contributed by atoms with Gasteiger partial charge >= 0.3 is 6.09 Å². The maximum absolute atomic E-state index is 11.3. The fourth-order valence-electron chi connectivity index (χ4n) is 2.08. The molecule has 0 aromatic carbocycles. The van der Waals surface area contributed by atoms with Crippen molar-refractivity contribution in [2.45, 2.75) is 26.8 Å². The standard InChI is InChI=1S/C13H18N6O4S/c1-4-7-19-12(15-13(20)21)11(16-18-19)10-6-5-9(8(2)14-10)17-24(3,22)23/h5-6,15,17H,4,7H2,1-3H3,(H,20,21). The average molecular weight is 354 g/mol. The van der Waals surface area contributed by atoms with E-state index >= 15 is 0 Å². The summed E-state index contributed by atoms with van der Waals surface area (Å²) in [7, 11) is -3.42. The second kappa shape index (κ2) is 6.83. The first-order chi connectivity index (χ1) is 11.2. The Morgan fingerprint density at radius 1 is 1.38 bits per heavy atom. The van der Waals surface area contributed by atoms with Crippen LogP contribution in [0.1, 0.15) is 19.0 Å². The second-order valence-electron chi connectivity index (χ2n) is 5.14. The van der Waals surface area contributed by atoms with Gasteiger partial charge in [0.1, 0.15) is 0 Å². The van der Waals surface area contributed by atoms with Crippen LogP contribution < -0.4 is 10.0 Å². The highest BCUT2D eigenvalue weighted by molar-refractivity contribution is 7.92. The van der Waals surface area contributed by atoms with E-state index in [1.165, 1.54) is 4.68 Å². The lowest BCUT2D eigenvalue weighted by Crippen LogP contribution is -2.14. The molecule has 0 radical (unpaired) electrons. The number of amides is 1. The summed E-state index contributed by atoms with van der Waals surface area (Å²) in [6.45, 7) is 4.06. The van der Waals surface area contributed by atoms with Crippen molar-refractivity contribution >= 4 is 27.6 Å². The van der Waals surface area contributed by atoms with Crippen molar-refractivity contribution < 1.29 is 18.3 Å². The molecule has 0 aliphatic heterocycles. The summed E-state index contributed by atoms with van der Waals surface area (Å²) < 4.78 is 26.4. The number of hydrogen-bond donors (Lipinski definition) is 3. The summed E-state index contributed by atoms with van der Waals surface area (Å²) in [6, 6.07) is 3.09. The lowest BCUT2D eigenvalue weighted by atomic mass is 10.2. The molecule has 130 valence electrons. The minimum absolute atomic E-state index is 0.222. The molecule has 0 bridgehead atoms. The minimum Gasteiger partial charge on any atom is -0.465 e. The number of carbonyl (C=O) groups is 1. The summed E-state index contributed by atoms with van der Waals surface area (Å²) in [6.07, 6.45) is 0.565. The molecular formula is C13H18N6O4S. The molecule has 0 saturated carbocycles. The van der Waals surface area contributed by atoms with Gasteiger partial charge in [-0.1, -0.05) is 12.1 Å². The molecule has 11 heteroatoms. The Bertz CT molecular complexity index is 861. The van der Waals surface area contributed by atoms with Crippen LogP contribution in [0.5, 0.6) is 0 Å². The van der Waals surface area contributed by atoms with E-state index < -0.39 is 16.1 Å². The van der Waals surface area contributed by atoms with Crippen molar-refractivity contribution in [2.75, 3.05) is 16.3 Å². The van der Waals surface area contributed by atoms with E-state index in [1.807, 2.05) is 6.92 Å². The topological polar surface area (TPSA) is 139 Å². The van der Waals surface area contributed by atoms with E-state index in [1.54, 1.807) is 19.1 Å². The van der Waals surface area contributed by atoms with Gasteiger partial charge in [-0.2, -0.15) is 0 Å². The number of rotatable bonds is 6. The van der Waals surface area contributed by atoms with Crippen molar-refractivity contribution in [3.8, 4) is 11.4 Å². The number of nitrogens with one attached hydrogen (secondary N) is 2. The third kappa shape index (κ3) is 4.19. The second-order valence-corrected chi connectivity index (χ2v) is 6.89. The number of anilines is 2. The summed E-state index contributed by atoms with van der Waals surface area (Å²) in [5, 5.41) is 19.2. The Labute approximate surface area is 139 Å². The number of carboxylic acid groups (broad SMARTS) is 1. The zero-order valence-corrected chi connectivity index (χ0v) is 14.3. The first-order valence-electron chi connectivity index (χ1n) is 7.10. The third-order valence-electron chi connectivity index (χ3n) is 3.02. The molecule has 3 N–H and O–H groups in total. The van der Waals surface area contributed by atoms with Crippen LogP contribution in [0.4, 0.5) is 16.3 Å². The van der Waals surface area contributed by atoms with Crippen molar-refractivity contribution in [3.05, 3.63) is 17.8 Å². The van der Waals surface area contributed by atoms with E-state index in [0.29, 0.717) is 23.6 Å². The van der Waals surface area contributed by atoms with Crippen LogP contribution in [0.2, 0.25) is 0 Å². The van der Waals surface area contributed by atoms with Crippen LogP contribution in [-0.4, -0.2) is 45.9 Å². The van der Waals surface area contributed by atoms with Crippen molar-refractivity contribution in [1.29, 1.82) is 0 Å². The van der Waals surface area contributed by atoms with Crippen LogP contribution in [-0.2, 0) is 16.6 Å². The Kier molecular flexibility index (Phi) is 5.02. The normalized spacial score (nSPS) is 11.3. The number of pyridine rings is 1. The molecule has 24 heavy (non-hydrogen) atoms. The van der Waals surface area contributed by atoms with E-state index in [-0.39, 0.29) is 11.5 Å². The first-order valence-corrected chi connectivity index (χ1v) is 8.99. The molecule has 2 aromatic rings. The molecule has 0 aliphatic carbocycles. The zero-order chi connectivity index (χ0) is 17.9. The zero-order valence-electron chi connectivity index (χ0n) is 13.4. The lowest BCUT2D eigenvalue weighted by molar-refractivity contribution is 0.209. The van der Waals surface area contributed by atoms with Gasteiger partial charge in [0.15, 0.2) is 11.5 Å². The minimum atomic E-state index is -3.42. The van der Waals surface area contributed by atoms with Gasteiger partial charge < -0.3 is 5.11 Å². The predicted octanol–water partition coefficient (Wildman–Crippen LogP) is 1.52. The monoisotopic (exact) mass is 354 g/mol. The number of sulfonamides is 1. The third-order valence-corrected chi connectivity index (χ3v) is 3.61.